The number of carbonyl (C=O) groups is 2. The van der Waals surface area contributed by atoms with Gasteiger partial charge < -0.3 is 10.5 Å². The molecule has 1 amide bonds. The maximum atomic E-state index is 13.2. The topological polar surface area (TPSA) is 81.4 Å². The first-order valence-corrected chi connectivity index (χ1v) is 10.7. The van der Waals surface area contributed by atoms with Crippen molar-refractivity contribution in [2.24, 2.45) is 5.73 Å². The van der Waals surface area contributed by atoms with Gasteiger partial charge in [0.25, 0.3) is 0 Å². The van der Waals surface area contributed by atoms with Crippen molar-refractivity contribution >= 4 is 11.9 Å². The van der Waals surface area contributed by atoms with Crippen LogP contribution in [0.2, 0.25) is 0 Å². The molecule has 0 aliphatic rings. The molecule has 0 heterocycles. The first kappa shape index (κ1) is 23.2. The van der Waals surface area contributed by atoms with E-state index in [9.17, 15) is 9.59 Å². The molecule has 3 aromatic rings. The lowest BCUT2D eigenvalue weighted by Gasteiger charge is -2.40. The Labute approximate surface area is 189 Å². The molecule has 3 rings (SSSR count). The van der Waals surface area contributed by atoms with Gasteiger partial charge in [-0.2, -0.15) is 0 Å². The van der Waals surface area contributed by atoms with E-state index < -0.39 is 29.1 Å². The van der Waals surface area contributed by atoms with Gasteiger partial charge in [0.15, 0.2) is 0 Å². The number of carbonyl (C=O) groups excluding carboxylic acids is 2. The van der Waals surface area contributed by atoms with Gasteiger partial charge in [-0.25, -0.2) is 0 Å². The van der Waals surface area contributed by atoms with Gasteiger partial charge in [-0.1, -0.05) is 91.0 Å². The molecule has 166 valence electrons. The Bertz CT molecular complexity index is 932. The number of benzene rings is 3. The highest BCUT2D eigenvalue weighted by atomic mass is 16.6. The minimum atomic E-state index is -0.952. The monoisotopic (exact) mass is 430 g/mol. The first-order valence-electron chi connectivity index (χ1n) is 10.7. The van der Waals surface area contributed by atoms with Crippen LogP contribution in [0.1, 0.15) is 43.9 Å². The molecular formula is C27H30N2O3. The normalized spacial score (nSPS) is 12.7. The summed E-state index contributed by atoms with van der Waals surface area (Å²) in [4.78, 5) is 25.1. The van der Waals surface area contributed by atoms with Crippen LogP contribution in [0.25, 0.3) is 0 Å². The van der Waals surface area contributed by atoms with Gasteiger partial charge in [-0.15, -0.1) is 0 Å². The quantitative estimate of drug-likeness (QED) is 0.415. The molecular weight excluding hydrogens is 400 g/mol. The van der Waals surface area contributed by atoms with Crippen LogP contribution < -0.4 is 11.1 Å². The van der Waals surface area contributed by atoms with Crippen LogP contribution >= 0.6 is 0 Å². The number of ether oxygens (including phenoxy) is 1. The summed E-state index contributed by atoms with van der Waals surface area (Å²) < 4.78 is 5.65. The number of esters is 1. The third kappa shape index (κ3) is 5.42. The Morgan fingerprint density at radius 3 is 1.47 bits per heavy atom. The zero-order valence-electron chi connectivity index (χ0n) is 18.7. The fraction of sp³-hybridized carbons (Fsp3) is 0.259. The fourth-order valence-corrected chi connectivity index (χ4v) is 3.84. The van der Waals surface area contributed by atoms with Gasteiger partial charge in [0.2, 0.25) is 5.91 Å². The highest BCUT2D eigenvalue weighted by molar-refractivity contribution is 5.85. The Kier molecular flexibility index (Phi) is 7.11. The number of nitrogens with two attached hydrogens (primary N) is 1. The molecule has 3 aromatic carbocycles. The first-order chi connectivity index (χ1) is 15.2. The number of amides is 1. The van der Waals surface area contributed by atoms with Crippen LogP contribution in [0.3, 0.4) is 0 Å². The second-order valence-corrected chi connectivity index (χ2v) is 8.75. The second-order valence-electron chi connectivity index (χ2n) is 8.75. The van der Waals surface area contributed by atoms with Crippen LogP contribution in [0, 0.1) is 0 Å². The minimum absolute atomic E-state index is 0.191. The summed E-state index contributed by atoms with van der Waals surface area (Å²) in [6, 6.07) is 28.6. The van der Waals surface area contributed by atoms with Crippen molar-refractivity contribution in [3.63, 3.8) is 0 Å². The van der Waals surface area contributed by atoms with Crippen molar-refractivity contribution in [3.8, 4) is 0 Å². The molecule has 0 saturated carbocycles. The predicted octanol–water partition coefficient (Wildman–Crippen LogP) is 4.15. The molecule has 0 fully saturated rings. The van der Waals surface area contributed by atoms with Crippen molar-refractivity contribution in [2.75, 3.05) is 0 Å². The van der Waals surface area contributed by atoms with Gasteiger partial charge in [-0.05, 0) is 37.5 Å². The van der Waals surface area contributed by atoms with Crippen LogP contribution in [0.4, 0.5) is 0 Å². The van der Waals surface area contributed by atoms with Crippen LogP contribution in [0.15, 0.2) is 91.0 Å². The second kappa shape index (κ2) is 9.79. The zero-order valence-corrected chi connectivity index (χ0v) is 18.7. The maximum Gasteiger partial charge on any atom is 0.324 e. The van der Waals surface area contributed by atoms with E-state index in [0.29, 0.717) is 0 Å². The number of nitrogens with one attached hydrogen (secondary N) is 1. The molecule has 0 aromatic heterocycles. The Morgan fingerprint density at radius 2 is 1.16 bits per heavy atom. The average molecular weight is 431 g/mol. The molecule has 0 unspecified atom stereocenters. The number of primary amides is 1. The lowest BCUT2D eigenvalue weighted by atomic mass is 9.76. The van der Waals surface area contributed by atoms with Gasteiger partial charge in [-0.3, -0.25) is 14.9 Å². The summed E-state index contributed by atoms with van der Waals surface area (Å²) in [6.45, 7) is 5.39. The molecule has 0 spiro atoms. The molecule has 0 aliphatic carbocycles. The summed E-state index contributed by atoms with van der Waals surface area (Å²) in [5.41, 5.74) is 6.70. The predicted molar refractivity (Wildman–Crippen MR) is 126 cm³/mol. The van der Waals surface area contributed by atoms with E-state index in [1.807, 2.05) is 91.0 Å². The van der Waals surface area contributed by atoms with Crippen LogP contribution in [0.5, 0.6) is 0 Å². The van der Waals surface area contributed by atoms with E-state index in [1.54, 1.807) is 20.8 Å². The number of hydrogen-bond donors (Lipinski definition) is 2. The van der Waals surface area contributed by atoms with Crippen molar-refractivity contribution < 1.29 is 14.3 Å². The minimum Gasteiger partial charge on any atom is -0.459 e. The molecule has 32 heavy (non-hydrogen) atoms. The highest BCUT2D eigenvalue weighted by Gasteiger charge is 2.41. The molecule has 5 nitrogen and oxygen atoms in total. The molecule has 3 N–H and O–H groups in total. The van der Waals surface area contributed by atoms with E-state index in [-0.39, 0.29) is 6.42 Å². The SMILES string of the molecule is CC(C)(C)OC(=O)[C@H](CC(N)=O)NC(c1ccccc1)(c1ccccc1)c1ccccc1. The maximum absolute atomic E-state index is 13.2. The highest BCUT2D eigenvalue weighted by Crippen LogP contribution is 2.37. The largest absolute Gasteiger partial charge is 0.459 e. The van der Waals surface area contributed by atoms with Crippen molar-refractivity contribution in [1.82, 2.24) is 5.32 Å². The lowest BCUT2D eigenvalue weighted by Crippen LogP contribution is -2.54. The van der Waals surface area contributed by atoms with Gasteiger partial charge in [0.1, 0.15) is 11.6 Å². The standard InChI is InChI=1S/C27H30N2O3/c1-26(2,3)32-25(31)23(19-24(28)30)29-27(20-13-7-4-8-14-20,21-15-9-5-10-16-21)22-17-11-6-12-18-22/h4-18,23,29H,19H2,1-3H3,(H2,28,30)/t23-/m0/s1. The van der Waals surface area contributed by atoms with Crippen molar-refractivity contribution in [3.05, 3.63) is 108 Å². The van der Waals surface area contributed by atoms with Crippen molar-refractivity contribution in [1.29, 1.82) is 0 Å². The zero-order chi connectivity index (χ0) is 23.2. The van der Waals surface area contributed by atoms with Crippen molar-refractivity contribution in [2.45, 2.75) is 44.4 Å². The molecule has 5 heteroatoms. The Hall–Kier alpha value is -3.44. The summed E-state index contributed by atoms with van der Waals surface area (Å²) in [7, 11) is 0. The molecule has 0 saturated heterocycles. The van der Waals surface area contributed by atoms with E-state index in [2.05, 4.69) is 5.32 Å². The number of hydrogen-bond acceptors (Lipinski definition) is 4. The molecule has 1 atom stereocenters. The van der Waals surface area contributed by atoms with E-state index >= 15 is 0 Å². The number of rotatable bonds is 8. The molecule has 0 bridgehead atoms. The smallest absolute Gasteiger partial charge is 0.324 e. The average Bonchev–Trinajstić information content (AvgIpc) is 2.77. The van der Waals surface area contributed by atoms with Gasteiger partial charge in [0, 0.05) is 0 Å². The summed E-state index contributed by atoms with van der Waals surface area (Å²) in [6.07, 6.45) is -0.191. The van der Waals surface area contributed by atoms with E-state index in [1.165, 1.54) is 0 Å². The Morgan fingerprint density at radius 1 is 0.781 bits per heavy atom. The van der Waals surface area contributed by atoms with Gasteiger partial charge >= 0.3 is 5.97 Å². The van der Waals surface area contributed by atoms with E-state index in [4.69, 9.17) is 10.5 Å². The van der Waals surface area contributed by atoms with E-state index in [0.717, 1.165) is 16.7 Å². The van der Waals surface area contributed by atoms with Crippen LogP contribution in [-0.2, 0) is 19.9 Å². The third-order valence-electron chi connectivity index (χ3n) is 5.11. The van der Waals surface area contributed by atoms with Crippen LogP contribution in [-0.4, -0.2) is 23.5 Å². The Balaban J connectivity index is 2.23. The third-order valence-corrected chi connectivity index (χ3v) is 5.11. The summed E-state index contributed by atoms with van der Waals surface area (Å²) in [5.74, 6) is -1.11. The summed E-state index contributed by atoms with van der Waals surface area (Å²) >= 11 is 0. The summed E-state index contributed by atoms with van der Waals surface area (Å²) in [5, 5.41) is 3.49. The molecule has 0 aliphatic heterocycles. The van der Waals surface area contributed by atoms with Gasteiger partial charge in [0.05, 0.1) is 12.0 Å². The lowest BCUT2D eigenvalue weighted by molar-refractivity contribution is -0.159. The molecule has 0 radical (unpaired) electrons. The fourth-order valence-electron chi connectivity index (χ4n) is 3.84.